The molecule has 0 unspecified atom stereocenters. The van der Waals surface area contributed by atoms with Gasteiger partial charge in [0.1, 0.15) is 6.67 Å². The molecule has 1 aliphatic rings. The van der Waals surface area contributed by atoms with Crippen LogP contribution < -0.4 is 10.6 Å². The van der Waals surface area contributed by atoms with Gasteiger partial charge in [-0.2, -0.15) is 0 Å². The average Bonchev–Trinajstić information content (AvgIpc) is 2.46. The molecule has 0 radical (unpaired) electrons. The van der Waals surface area contributed by atoms with Gasteiger partial charge in [0.05, 0.1) is 0 Å². The maximum atomic E-state index is 12.0. The summed E-state index contributed by atoms with van der Waals surface area (Å²) in [4.78, 5) is 11.7. The molecule has 2 N–H and O–H groups in total. The highest BCUT2D eigenvalue weighted by molar-refractivity contribution is 5.74. The fraction of sp³-hybridized carbons (Fsp3) is 0.533. The molecule has 1 aliphatic carbocycles. The number of halogens is 1. The lowest BCUT2D eigenvalue weighted by molar-refractivity contribution is 0.228. The van der Waals surface area contributed by atoms with E-state index in [2.05, 4.69) is 22.8 Å². The van der Waals surface area contributed by atoms with E-state index in [9.17, 15) is 9.18 Å². The predicted octanol–water partition coefficient (Wildman–Crippen LogP) is 2.98. The third-order valence-corrected chi connectivity index (χ3v) is 3.69. The Morgan fingerprint density at radius 2 is 1.95 bits per heavy atom. The van der Waals surface area contributed by atoms with Crippen LogP contribution in [0.3, 0.4) is 0 Å². The highest BCUT2D eigenvalue weighted by atomic mass is 19.1. The van der Waals surface area contributed by atoms with E-state index in [1.165, 1.54) is 12.0 Å². The van der Waals surface area contributed by atoms with Gasteiger partial charge in [0, 0.05) is 18.5 Å². The Bertz CT molecular complexity index is 396. The molecule has 0 aromatic heterocycles. The Morgan fingerprint density at radius 1 is 1.21 bits per heavy atom. The predicted molar refractivity (Wildman–Crippen MR) is 73.9 cm³/mol. The van der Waals surface area contributed by atoms with Crippen molar-refractivity contribution in [3.05, 3.63) is 35.9 Å². The van der Waals surface area contributed by atoms with Gasteiger partial charge >= 0.3 is 6.03 Å². The summed E-state index contributed by atoms with van der Waals surface area (Å²) in [5.41, 5.74) is 1.28. The number of benzene rings is 1. The fourth-order valence-electron chi connectivity index (χ4n) is 2.78. The molecule has 2 atom stereocenters. The Balaban J connectivity index is 1.98. The number of urea groups is 1. The summed E-state index contributed by atoms with van der Waals surface area (Å²) in [7, 11) is 0. The summed E-state index contributed by atoms with van der Waals surface area (Å²) in [6, 6.07) is 10.2. The van der Waals surface area contributed by atoms with E-state index in [-0.39, 0.29) is 18.6 Å². The largest absolute Gasteiger partial charge is 0.336 e. The van der Waals surface area contributed by atoms with E-state index < -0.39 is 6.67 Å². The minimum absolute atomic E-state index is 0.0779. The van der Waals surface area contributed by atoms with Crippen LogP contribution >= 0.6 is 0 Å². The molecule has 0 spiro atoms. The number of carbonyl (C=O) groups excluding carboxylic acids is 1. The molecule has 2 rings (SSSR count). The average molecular weight is 264 g/mol. The number of hydrogen-bond acceptors (Lipinski definition) is 1. The zero-order valence-corrected chi connectivity index (χ0v) is 11.1. The molecule has 4 heteroatoms. The van der Waals surface area contributed by atoms with Gasteiger partial charge in [-0.05, 0) is 18.4 Å². The first kappa shape index (κ1) is 13.8. The van der Waals surface area contributed by atoms with Crippen molar-refractivity contribution in [3.8, 4) is 0 Å². The van der Waals surface area contributed by atoms with Gasteiger partial charge in [-0.25, -0.2) is 9.18 Å². The zero-order valence-electron chi connectivity index (χ0n) is 11.1. The van der Waals surface area contributed by atoms with Crippen molar-refractivity contribution < 1.29 is 9.18 Å². The molecule has 0 heterocycles. The Labute approximate surface area is 113 Å². The first-order valence-electron chi connectivity index (χ1n) is 6.96. The molecule has 19 heavy (non-hydrogen) atoms. The van der Waals surface area contributed by atoms with Crippen molar-refractivity contribution >= 4 is 6.03 Å². The monoisotopic (exact) mass is 264 g/mol. The quantitative estimate of drug-likeness (QED) is 0.862. The van der Waals surface area contributed by atoms with Gasteiger partial charge in [-0.1, -0.05) is 43.2 Å². The molecule has 1 aromatic rings. The Morgan fingerprint density at radius 3 is 2.68 bits per heavy atom. The van der Waals surface area contributed by atoms with Crippen molar-refractivity contribution in [2.24, 2.45) is 0 Å². The lowest BCUT2D eigenvalue weighted by atomic mass is 9.80. The molecule has 3 nitrogen and oxygen atoms in total. The second kappa shape index (κ2) is 7.12. The number of rotatable bonds is 4. The second-order valence-corrected chi connectivity index (χ2v) is 5.00. The standard InChI is InChI=1S/C15H21FN2O/c16-10-11-17-15(19)18-14-9-5-4-8-13(14)12-6-2-1-3-7-12/h1-3,6-7,13-14H,4-5,8-11H2,(H2,17,18,19)/t13-,14+/m0/s1. The number of nitrogens with one attached hydrogen (secondary N) is 2. The molecule has 0 bridgehead atoms. The molecule has 1 aromatic carbocycles. The lowest BCUT2D eigenvalue weighted by Crippen LogP contribution is -2.46. The summed E-state index contributed by atoms with van der Waals surface area (Å²) < 4.78 is 12.0. The summed E-state index contributed by atoms with van der Waals surface area (Å²) >= 11 is 0. The Hall–Kier alpha value is -1.58. The maximum absolute atomic E-state index is 12.0. The first-order valence-corrected chi connectivity index (χ1v) is 6.96. The van der Waals surface area contributed by atoms with Crippen LogP contribution in [-0.4, -0.2) is 25.3 Å². The highest BCUT2D eigenvalue weighted by Gasteiger charge is 2.27. The molecule has 104 valence electrons. The van der Waals surface area contributed by atoms with Crippen molar-refractivity contribution in [2.75, 3.05) is 13.2 Å². The number of hydrogen-bond donors (Lipinski definition) is 2. The van der Waals surface area contributed by atoms with Crippen LogP contribution in [0.1, 0.15) is 37.2 Å². The number of carbonyl (C=O) groups is 1. The summed E-state index contributed by atoms with van der Waals surface area (Å²) in [6.07, 6.45) is 4.42. The van der Waals surface area contributed by atoms with Gasteiger partial charge in [0.25, 0.3) is 0 Å². The normalized spacial score (nSPS) is 22.8. The van der Waals surface area contributed by atoms with Crippen LogP contribution in [0.4, 0.5) is 9.18 Å². The SMILES string of the molecule is O=C(NCCF)N[C@@H]1CCCC[C@H]1c1ccccc1. The van der Waals surface area contributed by atoms with Crippen LogP contribution in [0.15, 0.2) is 30.3 Å². The zero-order chi connectivity index (χ0) is 13.5. The first-order chi connectivity index (χ1) is 9.31. The molecule has 0 aliphatic heterocycles. The summed E-state index contributed by atoms with van der Waals surface area (Å²) in [6.45, 7) is -0.450. The minimum Gasteiger partial charge on any atom is -0.336 e. The van der Waals surface area contributed by atoms with Crippen LogP contribution in [-0.2, 0) is 0 Å². The summed E-state index contributed by atoms with van der Waals surface area (Å²) in [5.74, 6) is 0.367. The van der Waals surface area contributed by atoms with Crippen LogP contribution in [0, 0.1) is 0 Å². The van der Waals surface area contributed by atoms with E-state index in [1.807, 2.05) is 18.2 Å². The van der Waals surface area contributed by atoms with E-state index in [0.717, 1.165) is 19.3 Å². The topological polar surface area (TPSA) is 41.1 Å². The van der Waals surface area contributed by atoms with Crippen molar-refractivity contribution in [3.63, 3.8) is 0 Å². The van der Waals surface area contributed by atoms with E-state index in [0.29, 0.717) is 5.92 Å². The van der Waals surface area contributed by atoms with Crippen LogP contribution in [0.2, 0.25) is 0 Å². The van der Waals surface area contributed by atoms with E-state index in [4.69, 9.17) is 0 Å². The molecule has 0 saturated heterocycles. The summed E-state index contributed by atoms with van der Waals surface area (Å²) in [5, 5.41) is 5.51. The van der Waals surface area contributed by atoms with Crippen molar-refractivity contribution in [1.29, 1.82) is 0 Å². The van der Waals surface area contributed by atoms with E-state index >= 15 is 0 Å². The third-order valence-electron chi connectivity index (χ3n) is 3.69. The Kier molecular flexibility index (Phi) is 5.19. The fourth-order valence-corrected chi connectivity index (χ4v) is 2.78. The molecular formula is C15H21FN2O. The van der Waals surface area contributed by atoms with Crippen LogP contribution in [0.25, 0.3) is 0 Å². The highest BCUT2D eigenvalue weighted by Crippen LogP contribution is 2.32. The molecular weight excluding hydrogens is 243 g/mol. The second-order valence-electron chi connectivity index (χ2n) is 5.00. The number of amides is 2. The third kappa shape index (κ3) is 3.94. The van der Waals surface area contributed by atoms with E-state index in [1.54, 1.807) is 0 Å². The smallest absolute Gasteiger partial charge is 0.315 e. The van der Waals surface area contributed by atoms with Crippen molar-refractivity contribution in [2.45, 2.75) is 37.6 Å². The van der Waals surface area contributed by atoms with Gasteiger partial charge in [-0.3, -0.25) is 0 Å². The van der Waals surface area contributed by atoms with Gasteiger partial charge in [0.15, 0.2) is 0 Å². The molecule has 2 amide bonds. The molecule has 1 fully saturated rings. The number of alkyl halides is 1. The van der Waals surface area contributed by atoms with Gasteiger partial charge < -0.3 is 10.6 Å². The molecule has 1 saturated carbocycles. The van der Waals surface area contributed by atoms with Crippen LogP contribution in [0.5, 0.6) is 0 Å². The van der Waals surface area contributed by atoms with Crippen molar-refractivity contribution in [1.82, 2.24) is 10.6 Å². The minimum atomic E-state index is -0.528. The maximum Gasteiger partial charge on any atom is 0.315 e. The lowest BCUT2D eigenvalue weighted by Gasteiger charge is -2.32. The van der Waals surface area contributed by atoms with Gasteiger partial charge in [0.2, 0.25) is 0 Å². The van der Waals surface area contributed by atoms with Gasteiger partial charge in [-0.15, -0.1) is 0 Å².